The Labute approximate surface area is 287 Å². The van der Waals surface area contributed by atoms with Gasteiger partial charge in [0.1, 0.15) is 11.2 Å². The Morgan fingerprint density at radius 2 is 1.10 bits per heavy atom. The molecule has 2 aromatic heterocycles. The standard InChI is InChI=1S/C46H29NOS/c1-2-10-30(11-3-1)31-20-23-34(24-21-31)47(36-25-26-37-33(29-36)22-27-44-45(37)41-15-5-7-19-43(41)49-44)35-13-8-12-32(28-35)38-16-9-17-40-39-14-4-6-18-42(39)48-46(38)40/h1-29H. The molecule has 0 atom stereocenters. The maximum Gasteiger partial charge on any atom is 0.143 e. The van der Waals surface area contributed by atoms with Crippen molar-refractivity contribution in [1.29, 1.82) is 0 Å². The lowest BCUT2D eigenvalue weighted by atomic mass is 10.00. The largest absolute Gasteiger partial charge is 0.455 e. The highest BCUT2D eigenvalue weighted by molar-refractivity contribution is 7.26. The fourth-order valence-electron chi connectivity index (χ4n) is 7.35. The molecule has 230 valence electrons. The van der Waals surface area contributed by atoms with E-state index in [0.29, 0.717) is 0 Å². The number of hydrogen-bond acceptors (Lipinski definition) is 3. The zero-order valence-corrected chi connectivity index (χ0v) is 27.3. The number of benzene rings is 8. The number of thiophene rings is 1. The first kappa shape index (κ1) is 27.9. The summed E-state index contributed by atoms with van der Waals surface area (Å²) in [4.78, 5) is 2.37. The summed E-state index contributed by atoms with van der Waals surface area (Å²) in [5.74, 6) is 0. The van der Waals surface area contributed by atoms with Gasteiger partial charge in [0.25, 0.3) is 0 Å². The Kier molecular flexibility index (Phi) is 6.39. The van der Waals surface area contributed by atoms with Gasteiger partial charge in [-0.25, -0.2) is 0 Å². The van der Waals surface area contributed by atoms with E-state index in [9.17, 15) is 0 Å². The minimum absolute atomic E-state index is 0.907. The minimum atomic E-state index is 0.907. The molecule has 0 aliphatic heterocycles. The molecule has 10 aromatic rings. The number of furan rings is 1. The molecule has 8 aromatic carbocycles. The lowest BCUT2D eigenvalue weighted by Gasteiger charge is -2.26. The van der Waals surface area contributed by atoms with Gasteiger partial charge in [-0.05, 0) is 82.1 Å². The SMILES string of the molecule is c1ccc(-c2ccc(N(c3cccc(-c4cccc5c4oc4ccccc45)c3)c3ccc4c(ccc5sc6ccccc6c54)c3)cc2)cc1. The molecule has 0 aliphatic carbocycles. The average Bonchev–Trinajstić information content (AvgIpc) is 3.75. The van der Waals surface area contributed by atoms with Crippen LogP contribution in [0.1, 0.15) is 0 Å². The molecule has 49 heavy (non-hydrogen) atoms. The maximum absolute atomic E-state index is 6.46. The van der Waals surface area contributed by atoms with Gasteiger partial charge in [0.15, 0.2) is 0 Å². The quantitative estimate of drug-likeness (QED) is 0.186. The van der Waals surface area contributed by atoms with Crippen molar-refractivity contribution in [2.75, 3.05) is 4.90 Å². The first-order valence-corrected chi connectivity index (χ1v) is 17.4. The Morgan fingerprint density at radius 1 is 0.408 bits per heavy atom. The van der Waals surface area contributed by atoms with E-state index in [0.717, 1.165) is 50.1 Å². The van der Waals surface area contributed by atoms with Crippen LogP contribution in [0.25, 0.3) is 75.1 Å². The fraction of sp³-hybridized carbons (Fsp3) is 0. The summed E-state index contributed by atoms with van der Waals surface area (Å²) < 4.78 is 9.10. The van der Waals surface area contributed by atoms with Crippen molar-refractivity contribution < 1.29 is 4.42 Å². The van der Waals surface area contributed by atoms with Gasteiger partial charge in [0, 0.05) is 53.6 Å². The first-order chi connectivity index (χ1) is 24.3. The van der Waals surface area contributed by atoms with Crippen LogP contribution in [0.2, 0.25) is 0 Å². The van der Waals surface area contributed by atoms with Gasteiger partial charge in [-0.2, -0.15) is 0 Å². The van der Waals surface area contributed by atoms with E-state index in [2.05, 4.69) is 169 Å². The van der Waals surface area contributed by atoms with E-state index in [1.165, 1.54) is 42.1 Å². The van der Waals surface area contributed by atoms with Gasteiger partial charge in [-0.15, -0.1) is 11.3 Å². The maximum atomic E-state index is 6.46. The lowest BCUT2D eigenvalue weighted by Crippen LogP contribution is -2.10. The molecular formula is C46H29NOS. The van der Waals surface area contributed by atoms with Gasteiger partial charge in [-0.3, -0.25) is 0 Å². The third-order valence-corrected chi connectivity index (χ3v) is 10.8. The zero-order chi connectivity index (χ0) is 32.3. The number of para-hydroxylation sites is 2. The van der Waals surface area contributed by atoms with Crippen LogP contribution in [0.15, 0.2) is 180 Å². The summed E-state index contributed by atoms with van der Waals surface area (Å²) in [7, 11) is 0. The number of anilines is 3. The van der Waals surface area contributed by atoms with Crippen molar-refractivity contribution in [2.45, 2.75) is 0 Å². The van der Waals surface area contributed by atoms with Crippen LogP contribution < -0.4 is 4.90 Å². The molecular weight excluding hydrogens is 615 g/mol. The van der Waals surface area contributed by atoms with E-state index in [1.807, 2.05) is 23.5 Å². The molecule has 0 fully saturated rings. The van der Waals surface area contributed by atoms with Crippen molar-refractivity contribution in [2.24, 2.45) is 0 Å². The minimum Gasteiger partial charge on any atom is -0.455 e. The van der Waals surface area contributed by atoms with Crippen LogP contribution in [0.3, 0.4) is 0 Å². The second-order valence-corrected chi connectivity index (χ2v) is 13.6. The fourth-order valence-corrected chi connectivity index (χ4v) is 8.47. The van der Waals surface area contributed by atoms with E-state index in [1.54, 1.807) is 0 Å². The van der Waals surface area contributed by atoms with Crippen LogP contribution in [0.5, 0.6) is 0 Å². The molecule has 0 aliphatic rings. The van der Waals surface area contributed by atoms with Crippen molar-refractivity contribution in [3.8, 4) is 22.3 Å². The number of rotatable bonds is 5. The highest BCUT2D eigenvalue weighted by atomic mass is 32.1. The molecule has 3 heteroatoms. The molecule has 0 bridgehead atoms. The van der Waals surface area contributed by atoms with Crippen LogP contribution in [0.4, 0.5) is 17.1 Å². The number of fused-ring (bicyclic) bond motifs is 8. The Balaban J connectivity index is 1.15. The zero-order valence-electron chi connectivity index (χ0n) is 26.5. The monoisotopic (exact) mass is 643 g/mol. The number of hydrogen-bond donors (Lipinski definition) is 0. The van der Waals surface area contributed by atoms with Crippen molar-refractivity contribution in [1.82, 2.24) is 0 Å². The lowest BCUT2D eigenvalue weighted by molar-refractivity contribution is 0.670. The predicted octanol–water partition coefficient (Wildman–Crippen LogP) is 13.9. The smallest absolute Gasteiger partial charge is 0.143 e. The van der Waals surface area contributed by atoms with E-state index < -0.39 is 0 Å². The molecule has 0 saturated carbocycles. The third kappa shape index (κ3) is 4.62. The number of nitrogens with zero attached hydrogens (tertiary/aromatic N) is 1. The van der Waals surface area contributed by atoms with Gasteiger partial charge in [0.05, 0.1) is 0 Å². The summed E-state index contributed by atoms with van der Waals surface area (Å²) in [5.41, 5.74) is 9.71. The Morgan fingerprint density at radius 3 is 2.00 bits per heavy atom. The summed E-state index contributed by atoms with van der Waals surface area (Å²) in [6, 6.07) is 63.2. The third-order valence-electron chi connectivity index (χ3n) is 9.65. The van der Waals surface area contributed by atoms with Crippen LogP contribution in [0, 0.1) is 0 Å². The average molecular weight is 644 g/mol. The molecule has 2 nitrogen and oxygen atoms in total. The van der Waals surface area contributed by atoms with Gasteiger partial charge < -0.3 is 9.32 Å². The highest BCUT2D eigenvalue weighted by Gasteiger charge is 2.18. The normalized spacial score (nSPS) is 11.7. The van der Waals surface area contributed by atoms with E-state index >= 15 is 0 Å². The molecule has 0 radical (unpaired) electrons. The second-order valence-electron chi connectivity index (χ2n) is 12.5. The highest BCUT2D eigenvalue weighted by Crippen LogP contribution is 2.43. The Hall–Kier alpha value is -6.16. The van der Waals surface area contributed by atoms with Gasteiger partial charge in [-0.1, -0.05) is 121 Å². The topological polar surface area (TPSA) is 16.4 Å². The Bertz CT molecular complexity index is 2830. The van der Waals surface area contributed by atoms with Crippen LogP contribution in [-0.2, 0) is 0 Å². The summed E-state index contributed by atoms with van der Waals surface area (Å²) in [6.45, 7) is 0. The molecule has 2 heterocycles. The van der Waals surface area contributed by atoms with E-state index in [-0.39, 0.29) is 0 Å². The second kappa shape index (κ2) is 11.2. The molecule has 0 unspecified atom stereocenters. The molecule has 0 N–H and O–H groups in total. The van der Waals surface area contributed by atoms with Gasteiger partial charge in [0.2, 0.25) is 0 Å². The molecule has 10 rings (SSSR count). The summed E-state index contributed by atoms with van der Waals surface area (Å²) in [5, 5.41) is 7.44. The van der Waals surface area contributed by atoms with E-state index in [4.69, 9.17) is 4.42 Å². The van der Waals surface area contributed by atoms with Crippen LogP contribution in [-0.4, -0.2) is 0 Å². The summed E-state index contributed by atoms with van der Waals surface area (Å²) in [6.07, 6.45) is 0. The molecule has 0 spiro atoms. The van der Waals surface area contributed by atoms with Crippen LogP contribution >= 0.6 is 11.3 Å². The molecule has 0 amide bonds. The summed E-state index contributed by atoms with van der Waals surface area (Å²) >= 11 is 1.86. The predicted molar refractivity (Wildman–Crippen MR) is 210 cm³/mol. The first-order valence-electron chi connectivity index (χ1n) is 16.6. The van der Waals surface area contributed by atoms with Gasteiger partial charge >= 0.3 is 0 Å². The molecule has 0 saturated heterocycles. The van der Waals surface area contributed by atoms with Crippen molar-refractivity contribution in [3.63, 3.8) is 0 Å². The van der Waals surface area contributed by atoms with Crippen molar-refractivity contribution in [3.05, 3.63) is 176 Å². The van der Waals surface area contributed by atoms with Crippen molar-refractivity contribution >= 4 is 81.3 Å².